The molecule has 88 valence electrons. The maximum atomic E-state index is 5.62. The highest BCUT2D eigenvalue weighted by Gasteiger charge is 2.46. The molecule has 0 N–H and O–H groups in total. The van der Waals surface area contributed by atoms with Gasteiger partial charge in [-0.15, -0.1) is 0 Å². The van der Waals surface area contributed by atoms with Crippen LogP contribution >= 0.6 is 22.6 Å². The topological polar surface area (TPSA) is 27.7 Å². The Balaban J connectivity index is 2.15. The summed E-state index contributed by atoms with van der Waals surface area (Å²) >= 11 is 2.37. The van der Waals surface area contributed by atoms with Crippen LogP contribution in [0.3, 0.4) is 0 Å². The molecule has 1 saturated carbocycles. The molecule has 1 aliphatic heterocycles. The standard InChI is InChI=1S/C11H19IO3/c1-10(8-12)6-9-4-3-5-11(7-9,13-2)15-14-10/h9H,3-8H2,1-2H3/t9-,10?,11?/m1/s1. The molecule has 3 nitrogen and oxygen atoms in total. The SMILES string of the molecule is COC12CCC[C@H](CC(C)(CI)OO1)C2. The number of rotatable bonds is 2. The molecular weight excluding hydrogens is 307 g/mol. The van der Waals surface area contributed by atoms with Gasteiger partial charge in [0.25, 0.3) is 0 Å². The number of alkyl halides is 1. The molecule has 2 rings (SSSR count). The summed E-state index contributed by atoms with van der Waals surface area (Å²) in [5.41, 5.74) is -0.143. The second kappa shape index (κ2) is 4.47. The Morgan fingerprint density at radius 3 is 2.87 bits per heavy atom. The predicted molar refractivity (Wildman–Crippen MR) is 65.8 cm³/mol. The molecular formula is C11H19IO3. The monoisotopic (exact) mass is 326 g/mol. The van der Waals surface area contributed by atoms with E-state index in [2.05, 4.69) is 29.5 Å². The molecule has 2 bridgehead atoms. The first kappa shape index (κ1) is 12.1. The molecule has 1 saturated heterocycles. The van der Waals surface area contributed by atoms with E-state index in [1.807, 2.05) is 0 Å². The van der Waals surface area contributed by atoms with Crippen LogP contribution in [0.2, 0.25) is 0 Å². The van der Waals surface area contributed by atoms with Gasteiger partial charge in [0.2, 0.25) is 5.79 Å². The van der Waals surface area contributed by atoms with Gasteiger partial charge >= 0.3 is 0 Å². The molecule has 2 fully saturated rings. The van der Waals surface area contributed by atoms with Crippen LogP contribution in [-0.2, 0) is 14.5 Å². The maximum Gasteiger partial charge on any atom is 0.201 e. The third-order valence-electron chi connectivity index (χ3n) is 3.54. The molecule has 0 spiro atoms. The highest BCUT2D eigenvalue weighted by molar-refractivity contribution is 14.1. The van der Waals surface area contributed by atoms with Gasteiger partial charge in [-0.3, -0.25) is 0 Å². The summed E-state index contributed by atoms with van der Waals surface area (Å²) in [5.74, 6) is 0.216. The molecule has 3 atom stereocenters. The zero-order chi connectivity index (χ0) is 10.9. The lowest BCUT2D eigenvalue weighted by Crippen LogP contribution is -2.38. The minimum atomic E-state index is -0.466. The number of fused-ring (bicyclic) bond motifs is 2. The number of methoxy groups -OCH3 is 1. The Bertz CT molecular complexity index is 234. The van der Waals surface area contributed by atoms with Gasteiger partial charge in [-0.1, -0.05) is 22.6 Å². The van der Waals surface area contributed by atoms with Crippen LogP contribution < -0.4 is 0 Å². The highest BCUT2D eigenvalue weighted by atomic mass is 127. The third-order valence-corrected chi connectivity index (χ3v) is 5.15. The van der Waals surface area contributed by atoms with Crippen molar-refractivity contribution < 1.29 is 14.5 Å². The minimum absolute atomic E-state index is 0.143. The molecule has 0 amide bonds. The zero-order valence-electron chi connectivity index (χ0n) is 9.42. The first-order chi connectivity index (χ1) is 7.11. The zero-order valence-corrected chi connectivity index (χ0v) is 11.6. The molecule has 1 aliphatic carbocycles. The fourth-order valence-corrected chi connectivity index (χ4v) is 3.11. The third kappa shape index (κ3) is 2.48. The lowest BCUT2D eigenvalue weighted by atomic mass is 9.79. The minimum Gasteiger partial charge on any atom is -0.351 e. The quantitative estimate of drug-likeness (QED) is 0.443. The van der Waals surface area contributed by atoms with Gasteiger partial charge < -0.3 is 4.74 Å². The smallest absolute Gasteiger partial charge is 0.201 e. The summed E-state index contributed by atoms with van der Waals surface area (Å²) in [6.45, 7) is 2.13. The fraction of sp³-hybridized carbons (Fsp3) is 1.00. The summed E-state index contributed by atoms with van der Waals surface area (Å²) in [5, 5.41) is 0. The lowest BCUT2D eigenvalue weighted by molar-refractivity contribution is -0.453. The van der Waals surface area contributed by atoms with E-state index in [0.717, 1.165) is 23.7 Å². The van der Waals surface area contributed by atoms with Crippen molar-refractivity contribution in [3.05, 3.63) is 0 Å². The molecule has 0 radical (unpaired) electrons. The van der Waals surface area contributed by atoms with Gasteiger partial charge in [0.15, 0.2) is 0 Å². The summed E-state index contributed by atoms with van der Waals surface area (Å²) in [4.78, 5) is 11.2. The van der Waals surface area contributed by atoms with Gasteiger partial charge in [-0.2, -0.15) is 0 Å². The lowest BCUT2D eigenvalue weighted by Gasteiger charge is -2.35. The van der Waals surface area contributed by atoms with Crippen molar-refractivity contribution in [2.45, 2.75) is 50.4 Å². The van der Waals surface area contributed by atoms with Crippen molar-refractivity contribution in [3.63, 3.8) is 0 Å². The van der Waals surface area contributed by atoms with Gasteiger partial charge in [-0.05, 0) is 32.1 Å². The van der Waals surface area contributed by atoms with Crippen LogP contribution in [0.25, 0.3) is 0 Å². The van der Waals surface area contributed by atoms with Crippen LogP contribution in [0.1, 0.15) is 39.0 Å². The summed E-state index contributed by atoms with van der Waals surface area (Å²) in [6.07, 6.45) is 5.48. The van der Waals surface area contributed by atoms with Crippen LogP contribution in [0, 0.1) is 5.92 Å². The second-order valence-corrected chi connectivity index (χ2v) is 5.79. The van der Waals surface area contributed by atoms with Gasteiger partial charge in [0.1, 0.15) is 5.60 Å². The van der Waals surface area contributed by atoms with Crippen molar-refractivity contribution >= 4 is 22.6 Å². The van der Waals surface area contributed by atoms with Crippen molar-refractivity contribution in [2.24, 2.45) is 5.92 Å². The molecule has 4 heteroatoms. The Kier molecular flexibility index (Phi) is 3.60. The molecule has 0 aromatic carbocycles. The Labute approximate surface area is 105 Å². The number of halogens is 1. The molecule has 0 aromatic rings. The van der Waals surface area contributed by atoms with E-state index in [4.69, 9.17) is 14.5 Å². The molecule has 15 heavy (non-hydrogen) atoms. The predicted octanol–water partition coefficient (Wildman–Crippen LogP) is 3.06. The second-order valence-electron chi connectivity index (χ2n) is 5.03. The number of hydrogen-bond acceptors (Lipinski definition) is 3. The Hall–Kier alpha value is 0.610. The molecule has 2 aliphatic rings. The van der Waals surface area contributed by atoms with Crippen molar-refractivity contribution in [3.8, 4) is 0 Å². The molecule has 2 unspecified atom stereocenters. The van der Waals surface area contributed by atoms with E-state index >= 15 is 0 Å². The molecule has 0 aromatic heterocycles. The van der Waals surface area contributed by atoms with Crippen molar-refractivity contribution in [1.29, 1.82) is 0 Å². The summed E-state index contributed by atoms with van der Waals surface area (Å²) in [6, 6.07) is 0. The maximum absolute atomic E-state index is 5.62. The van der Waals surface area contributed by atoms with Gasteiger partial charge in [0.05, 0.1) is 0 Å². The highest BCUT2D eigenvalue weighted by Crippen LogP contribution is 2.44. The first-order valence-electron chi connectivity index (χ1n) is 5.59. The van der Waals surface area contributed by atoms with E-state index in [1.54, 1.807) is 7.11 Å². The first-order valence-corrected chi connectivity index (χ1v) is 7.12. The largest absolute Gasteiger partial charge is 0.351 e. The van der Waals surface area contributed by atoms with Crippen LogP contribution in [0.15, 0.2) is 0 Å². The van der Waals surface area contributed by atoms with E-state index < -0.39 is 5.79 Å². The normalized spacial score (nSPS) is 46.2. The van der Waals surface area contributed by atoms with Crippen molar-refractivity contribution in [2.75, 3.05) is 11.5 Å². The van der Waals surface area contributed by atoms with Crippen molar-refractivity contribution in [1.82, 2.24) is 0 Å². The van der Waals surface area contributed by atoms with E-state index in [0.29, 0.717) is 5.92 Å². The van der Waals surface area contributed by atoms with Crippen LogP contribution in [0.5, 0.6) is 0 Å². The Morgan fingerprint density at radius 1 is 1.40 bits per heavy atom. The van der Waals surface area contributed by atoms with E-state index in [1.165, 1.54) is 12.8 Å². The Morgan fingerprint density at radius 2 is 2.20 bits per heavy atom. The average molecular weight is 326 g/mol. The average Bonchev–Trinajstić information content (AvgIpc) is 2.36. The van der Waals surface area contributed by atoms with Crippen LogP contribution in [-0.4, -0.2) is 22.9 Å². The van der Waals surface area contributed by atoms with Crippen LogP contribution in [0.4, 0.5) is 0 Å². The molecule has 1 heterocycles. The van der Waals surface area contributed by atoms with Gasteiger partial charge in [-0.25, -0.2) is 9.78 Å². The summed E-state index contributed by atoms with van der Waals surface area (Å²) < 4.78 is 6.48. The number of hydrogen-bond donors (Lipinski definition) is 0. The summed E-state index contributed by atoms with van der Waals surface area (Å²) in [7, 11) is 1.72. The van der Waals surface area contributed by atoms with E-state index in [9.17, 15) is 0 Å². The van der Waals surface area contributed by atoms with E-state index in [-0.39, 0.29) is 5.60 Å². The van der Waals surface area contributed by atoms with Gasteiger partial charge in [0, 0.05) is 24.4 Å². The number of ether oxygens (including phenoxy) is 1. The fourth-order valence-electron chi connectivity index (χ4n) is 2.67.